The maximum atomic E-state index is 12.2. The van der Waals surface area contributed by atoms with Gasteiger partial charge in [-0.2, -0.15) is 5.26 Å². The van der Waals surface area contributed by atoms with E-state index in [1.54, 1.807) is 6.92 Å². The van der Waals surface area contributed by atoms with Gasteiger partial charge >= 0.3 is 0 Å². The normalized spacial score (nSPS) is 12.2. The Kier molecular flexibility index (Phi) is 6.73. The lowest BCUT2D eigenvalue weighted by Gasteiger charge is -2.18. The molecule has 2 aromatic rings. The first-order valence-corrected chi connectivity index (χ1v) is 10.2. The Morgan fingerprint density at radius 2 is 2.00 bits per heavy atom. The van der Waals surface area contributed by atoms with E-state index in [2.05, 4.69) is 10.3 Å². The summed E-state index contributed by atoms with van der Waals surface area (Å²) in [5.74, 6) is 1.33. The average Bonchev–Trinajstić information content (AvgIpc) is 2.72. The number of hydrogen-bond donors (Lipinski definition) is 1. The predicted octanol–water partition coefficient (Wildman–Crippen LogP) is 2.69. The number of carbonyl (C=O) groups is 2. The highest BCUT2D eigenvalue weighted by Crippen LogP contribution is 2.30. The van der Waals surface area contributed by atoms with Crippen molar-refractivity contribution in [3.05, 3.63) is 46.6 Å². The average molecular weight is 411 g/mol. The van der Waals surface area contributed by atoms with Crippen LogP contribution in [-0.4, -0.2) is 42.2 Å². The van der Waals surface area contributed by atoms with Crippen LogP contribution in [0.2, 0.25) is 0 Å². The molecule has 1 aliphatic heterocycles. The molecule has 3 rings (SSSR count). The number of nitrogens with one attached hydrogen (secondary N) is 1. The fourth-order valence-electron chi connectivity index (χ4n) is 2.90. The fraction of sp³-hybridized carbons (Fsp3) is 0.333. The molecule has 0 radical (unpaired) electrons. The molecule has 1 aliphatic rings. The van der Waals surface area contributed by atoms with Crippen molar-refractivity contribution in [1.29, 1.82) is 5.26 Å². The summed E-state index contributed by atoms with van der Waals surface area (Å²) in [4.78, 5) is 28.1. The van der Waals surface area contributed by atoms with Crippen molar-refractivity contribution in [2.24, 2.45) is 0 Å². The van der Waals surface area contributed by atoms with Crippen molar-refractivity contribution in [2.45, 2.75) is 25.3 Å². The number of aryl methyl sites for hydroxylation is 1. The lowest BCUT2D eigenvalue weighted by molar-refractivity contribution is -0.118. The van der Waals surface area contributed by atoms with Gasteiger partial charge < -0.3 is 14.8 Å². The fourth-order valence-corrected chi connectivity index (χ4v) is 3.74. The van der Waals surface area contributed by atoms with Gasteiger partial charge in [-0.25, -0.2) is 4.98 Å². The van der Waals surface area contributed by atoms with Gasteiger partial charge in [0.2, 0.25) is 5.91 Å². The highest BCUT2D eigenvalue weighted by molar-refractivity contribution is 8.00. The van der Waals surface area contributed by atoms with Crippen LogP contribution in [0.3, 0.4) is 0 Å². The molecular weight excluding hydrogens is 390 g/mol. The molecule has 150 valence electrons. The number of rotatable bonds is 7. The van der Waals surface area contributed by atoms with E-state index >= 15 is 0 Å². The second-order valence-corrected chi connectivity index (χ2v) is 7.47. The van der Waals surface area contributed by atoms with Crippen molar-refractivity contribution >= 4 is 23.5 Å². The van der Waals surface area contributed by atoms with Crippen molar-refractivity contribution in [1.82, 2.24) is 10.3 Å². The molecule has 7 nitrogen and oxygen atoms in total. The predicted molar refractivity (Wildman–Crippen MR) is 109 cm³/mol. The van der Waals surface area contributed by atoms with E-state index in [1.807, 2.05) is 24.3 Å². The summed E-state index contributed by atoms with van der Waals surface area (Å²) in [5, 5.41) is 12.6. The van der Waals surface area contributed by atoms with E-state index < -0.39 is 0 Å². The standard InChI is InChI=1S/C21H21N3O4S/c1-13-17(14(2)25)10-16(11-22)21(24-13)29-12-20(26)23-6-5-15-3-4-18-19(9-15)28-8-7-27-18/h3-4,9-10H,5-8,12H2,1-2H3,(H,23,26). The van der Waals surface area contributed by atoms with Crippen LogP contribution in [0.25, 0.3) is 0 Å². The summed E-state index contributed by atoms with van der Waals surface area (Å²) in [5.41, 5.74) is 2.33. The van der Waals surface area contributed by atoms with Gasteiger partial charge in [0.1, 0.15) is 24.3 Å². The van der Waals surface area contributed by atoms with E-state index in [1.165, 1.54) is 24.8 Å². The molecule has 0 saturated carbocycles. The van der Waals surface area contributed by atoms with Gasteiger partial charge in [0.15, 0.2) is 17.3 Å². The lowest BCUT2D eigenvalue weighted by atomic mass is 10.1. The quantitative estimate of drug-likeness (QED) is 0.552. The summed E-state index contributed by atoms with van der Waals surface area (Å²) >= 11 is 1.19. The largest absolute Gasteiger partial charge is 0.486 e. The molecular formula is C21H21N3O4S. The van der Waals surface area contributed by atoms with E-state index in [0.717, 1.165) is 17.1 Å². The van der Waals surface area contributed by atoms with Gasteiger partial charge in [-0.15, -0.1) is 0 Å². The van der Waals surface area contributed by atoms with Crippen LogP contribution in [-0.2, 0) is 11.2 Å². The molecule has 0 fully saturated rings. The summed E-state index contributed by atoms with van der Waals surface area (Å²) in [6.45, 7) is 4.73. The minimum absolute atomic E-state index is 0.139. The number of benzene rings is 1. The molecule has 8 heteroatoms. The number of Topliss-reactive ketones (excluding diaryl/α,β-unsaturated/α-hetero) is 1. The third-order valence-corrected chi connectivity index (χ3v) is 5.35. The molecule has 0 unspecified atom stereocenters. The number of fused-ring (bicyclic) bond motifs is 1. The number of pyridine rings is 1. The Morgan fingerprint density at radius 1 is 1.24 bits per heavy atom. The molecule has 0 bridgehead atoms. The van der Waals surface area contributed by atoms with Gasteiger partial charge in [0, 0.05) is 17.8 Å². The number of ether oxygens (including phenoxy) is 2. The summed E-state index contributed by atoms with van der Waals surface area (Å²) in [6.07, 6.45) is 0.668. The van der Waals surface area contributed by atoms with Crippen LogP contribution >= 0.6 is 11.8 Å². The molecule has 1 N–H and O–H groups in total. The van der Waals surface area contributed by atoms with Gasteiger partial charge in [0.25, 0.3) is 0 Å². The van der Waals surface area contributed by atoms with Crippen molar-refractivity contribution in [3.8, 4) is 17.6 Å². The minimum Gasteiger partial charge on any atom is -0.486 e. The van der Waals surface area contributed by atoms with E-state index in [9.17, 15) is 14.9 Å². The molecule has 0 aliphatic carbocycles. The zero-order valence-electron chi connectivity index (χ0n) is 16.3. The van der Waals surface area contributed by atoms with Crippen LogP contribution in [0.4, 0.5) is 0 Å². The third kappa shape index (κ3) is 5.27. The van der Waals surface area contributed by atoms with Gasteiger partial charge in [-0.3, -0.25) is 9.59 Å². The molecule has 0 spiro atoms. The third-order valence-electron chi connectivity index (χ3n) is 4.36. The summed E-state index contributed by atoms with van der Waals surface area (Å²) < 4.78 is 11.1. The second kappa shape index (κ2) is 9.43. The number of hydrogen-bond acceptors (Lipinski definition) is 7. The topological polar surface area (TPSA) is 101 Å². The number of thioether (sulfide) groups is 1. The lowest BCUT2D eigenvalue weighted by Crippen LogP contribution is -2.27. The maximum Gasteiger partial charge on any atom is 0.230 e. The minimum atomic E-state index is -0.147. The summed E-state index contributed by atoms with van der Waals surface area (Å²) in [7, 11) is 0. The van der Waals surface area contributed by atoms with Gasteiger partial charge in [-0.05, 0) is 44.0 Å². The molecule has 0 atom stereocenters. The monoisotopic (exact) mass is 411 g/mol. The van der Waals surface area contributed by atoms with Gasteiger partial charge in [0.05, 0.1) is 11.3 Å². The first-order chi connectivity index (χ1) is 14.0. The Labute approximate surface area is 173 Å². The number of ketones is 1. The highest BCUT2D eigenvalue weighted by atomic mass is 32.2. The van der Waals surface area contributed by atoms with Crippen LogP contribution in [0.15, 0.2) is 29.3 Å². The first kappa shape index (κ1) is 20.7. The Hall–Kier alpha value is -3.05. The Bertz CT molecular complexity index is 985. The summed E-state index contributed by atoms with van der Waals surface area (Å²) in [6, 6.07) is 9.34. The molecule has 0 saturated heterocycles. The van der Waals surface area contributed by atoms with E-state index in [-0.39, 0.29) is 17.4 Å². The van der Waals surface area contributed by atoms with Crippen molar-refractivity contribution < 1.29 is 19.1 Å². The molecule has 2 heterocycles. The SMILES string of the molecule is CC(=O)c1cc(C#N)c(SCC(=O)NCCc2ccc3c(c2)OCCO3)nc1C. The Balaban J connectivity index is 1.51. The molecule has 29 heavy (non-hydrogen) atoms. The van der Waals surface area contributed by atoms with Crippen LogP contribution in [0.1, 0.15) is 34.1 Å². The number of aromatic nitrogens is 1. The Morgan fingerprint density at radius 3 is 2.72 bits per heavy atom. The van der Waals surface area contributed by atoms with E-state index in [4.69, 9.17) is 9.47 Å². The van der Waals surface area contributed by atoms with Crippen LogP contribution < -0.4 is 14.8 Å². The first-order valence-electron chi connectivity index (χ1n) is 9.18. The number of carbonyl (C=O) groups excluding carboxylic acids is 2. The number of nitriles is 1. The van der Waals surface area contributed by atoms with Gasteiger partial charge in [-0.1, -0.05) is 17.8 Å². The second-order valence-electron chi connectivity index (χ2n) is 6.51. The number of nitrogens with zero attached hydrogens (tertiary/aromatic N) is 2. The highest BCUT2D eigenvalue weighted by Gasteiger charge is 2.14. The van der Waals surface area contributed by atoms with Crippen molar-refractivity contribution in [2.75, 3.05) is 25.5 Å². The van der Waals surface area contributed by atoms with E-state index in [0.29, 0.717) is 48.0 Å². The molecule has 1 aromatic carbocycles. The zero-order valence-corrected chi connectivity index (χ0v) is 17.1. The molecule has 1 aromatic heterocycles. The molecule has 1 amide bonds. The van der Waals surface area contributed by atoms with Crippen LogP contribution in [0.5, 0.6) is 11.5 Å². The maximum absolute atomic E-state index is 12.2. The zero-order chi connectivity index (χ0) is 20.8. The van der Waals surface area contributed by atoms with Crippen LogP contribution in [0, 0.1) is 18.3 Å². The smallest absolute Gasteiger partial charge is 0.230 e. The van der Waals surface area contributed by atoms with Crippen molar-refractivity contribution in [3.63, 3.8) is 0 Å². The number of amides is 1.